The number of methoxy groups -OCH3 is 1. The number of aromatic nitrogens is 1. The van der Waals surface area contributed by atoms with Crippen molar-refractivity contribution in [1.82, 2.24) is 4.98 Å². The molecule has 2 N–H and O–H groups in total. The van der Waals surface area contributed by atoms with Crippen molar-refractivity contribution in [3.05, 3.63) is 52.7 Å². The summed E-state index contributed by atoms with van der Waals surface area (Å²) < 4.78 is 5.07. The molecule has 0 bridgehead atoms. The van der Waals surface area contributed by atoms with Gasteiger partial charge < -0.3 is 15.2 Å². The van der Waals surface area contributed by atoms with Crippen LogP contribution >= 0.6 is 11.6 Å². The maximum Gasteiger partial charge on any atom is 0.339 e. The topological polar surface area (TPSA) is 71.5 Å². The van der Waals surface area contributed by atoms with Crippen LogP contribution < -0.4 is 10.1 Å². The van der Waals surface area contributed by atoms with Crippen LogP contribution in [0.15, 0.2) is 36.4 Å². The molecule has 0 aliphatic heterocycles. The van der Waals surface area contributed by atoms with E-state index >= 15 is 0 Å². The second kappa shape index (κ2) is 6.25. The quantitative estimate of drug-likeness (QED) is 0.829. The summed E-state index contributed by atoms with van der Waals surface area (Å²) in [5, 5.41) is 12.3. The molecule has 0 amide bonds. The van der Waals surface area contributed by atoms with Crippen LogP contribution in [0.1, 0.15) is 15.9 Å². The number of carboxylic acids is 1. The molecule has 0 radical (unpaired) electrons. The van der Waals surface area contributed by atoms with Gasteiger partial charge in [-0.1, -0.05) is 23.7 Å². The molecule has 0 spiro atoms. The van der Waals surface area contributed by atoms with Crippen LogP contribution in [0.3, 0.4) is 0 Å². The van der Waals surface area contributed by atoms with Gasteiger partial charge in [0.15, 0.2) is 0 Å². The van der Waals surface area contributed by atoms with Gasteiger partial charge in [0, 0.05) is 6.54 Å². The highest BCUT2D eigenvalue weighted by Crippen LogP contribution is 2.18. The van der Waals surface area contributed by atoms with E-state index in [1.165, 1.54) is 12.1 Å². The number of halogens is 1. The predicted molar refractivity (Wildman–Crippen MR) is 76.5 cm³/mol. The Balaban J connectivity index is 2.13. The largest absolute Gasteiger partial charge is 0.497 e. The van der Waals surface area contributed by atoms with Crippen molar-refractivity contribution in [3.63, 3.8) is 0 Å². The van der Waals surface area contributed by atoms with Gasteiger partial charge in [0.2, 0.25) is 0 Å². The van der Waals surface area contributed by atoms with Gasteiger partial charge in [-0.05, 0) is 29.8 Å². The highest BCUT2D eigenvalue weighted by molar-refractivity contribution is 6.29. The number of carboxylic acid groups (broad SMARTS) is 1. The van der Waals surface area contributed by atoms with Gasteiger partial charge in [-0.25, -0.2) is 9.78 Å². The van der Waals surface area contributed by atoms with Gasteiger partial charge in [0.25, 0.3) is 0 Å². The second-order valence-corrected chi connectivity index (χ2v) is 4.42. The first-order valence-electron chi connectivity index (χ1n) is 5.87. The number of ether oxygens (including phenoxy) is 1. The summed E-state index contributed by atoms with van der Waals surface area (Å²) in [5.41, 5.74) is 1.06. The summed E-state index contributed by atoms with van der Waals surface area (Å²) in [6.45, 7) is 0.442. The molecule has 2 rings (SSSR count). The Morgan fingerprint density at radius 2 is 2.00 bits per heavy atom. The first-order chi connectivity index (χ1) is 9.60. The summed E-state index contributed by atoms with van der Waals surface area (Å²) >= 11 is 5.78. The predicted octanol–water partition coefficient (Wildman–Crippen LogP) is 3.05. The third kappa shape index (κ3) is 3.39. The van der Waals surface area contributed by atoms with Crippen molar-refractivity contribution >= 4 is 23.4 Å². The average molecular weight is 293 g/mol. The van der Waals surface area contributed by atoms with Crippen molar-refractivity contribution in [2.24, 2.45) is 0 Å². The maximum absolute atomic E-state index is 11.1. The van der Waals surface area contributed by atoms with Gasteiger partial charge in [-0.2, -0.15) is 0 Å². The fourth-order valence-corrected chi connectivity index (χ4v) is 1.82. The molecule has 104 valence electrons. The maximum atomic E-state index is 11.1. The highest BCUT2D eigenvalue weighted by Gasteiger charge is 2.11. The number of nitrogens with one attached hydrogen (secondary N) is 1. The van der Waals surface area contributed by atoms with Crippen LogP contribution in [-0.4, -0.2) is 23.2 Å². The lowest BCUT2D eigenvalue weighted by Gasteiger charge is -2.09. The van der Waals surface area contributed by atoms with Crippen molar-refractivity contribution in [2.75, 3.05) is 12.4 Å². The van der Waals surface area contributed by atoms with Crippen molar-refractivity contribution in [3.8, 4) is 5.75 Å². The first-order valence-corrected chi connectivity index (χ1v) is 6.24. The van der Waals surface area contributed by atoms with Gasteiger partial charge in [-0.15, -0.1) is 0 Å². The normalized spacial score (nSPS) is 10.1. The number of hydrogen-bond donors (Lipinski definition) is 2. The standard InChI is InChI=1S/C14H13ClN2O3/c1-20-10-4-2-9(3-5-10)8-16-13-11(14(18)19)6-7-12(15)17-13/h2-7H,8H2,1H3,(H,16,17)(H,18,19). The number of carbonyl (C=O) groups is 1. The van der Waals surface area contributed by atoms with Crippen molar-refractivity contribution in [2.45, 2.75) is 6.54 Å². The summed E-state index contributed by atoms with van der Waals surface area (Å²) in [6, 6.07) is 10.3. The SMILES string of the molecule is COc1ccc(CNc2nc(Cl)ccc2C(=O)O)cc1. The van der Waals surface area contributed by atoms with E-state index in [4.69, 9.17) is 21.4 Å². The van der Waals surface area contributed by atoms with E-state index in [9.17, 15) is 4.79 Å². The van der Waals surface area contributed by atoms with Gasteiger partial charge in [0.1, 0.15) is 22.3 Å². The van der Waals surface area contributed by atoms with Crippen LogP contribution in [0.5, 0.6) is 5.75 Å². The Hall–Kier alpha value is -2.27. The van der Waals surface area contributed by atoms with Gasteiger partial charge in [-0.3, -0.25) is 0 Å². The third-order valence-corrected chi connectivity index (χ3v) is 2.92. The number of nitrogens with zero attached hydrogens (tertiary/aromatic N) is 1. The molecule has 0 fully saturated rings. The minimum Gasteiger partial charge on any atom is -0.497 e. The Morgan fingerprint density at radius 1 is 1.30 bits per heavy atom. The third-order valence-electron chi connectivity index (χ3n) is 2.71. The van der Waals surface area contributed by atoms with E-state index in [0.717, 1.165) is 11.3 Å². The van der Waals surface area contributed by atoms with Crippen LogP contribution in [0, 0.1) is 0 Å². The van der Waals surface area contributed by atoms with Crippen molar-refractivity contribution in [1.29, 1.82) is 0 Å². The molecule has 0 saturated heterocycles. The number of benzene rings is 1. The number of anilines is 1. The number of aromatic carboxylic acids is 1. The fourth-order valence-electron chi connectivity index (χ4n) is 1.67. The zero-order chi connectivity index (χ0) is 14.5. The smallest absolute Gasteiger partial charge is 0.339 e. The van der Waals surface area contributed by atoms with Crippen LogP contribution in [0.2, 0.25) is 5.15 Å². The van der Waals surface area contributed by atoms with Crippen LogP contribution in [0.25, 0.3) is 0 Å². The van der Waals surface area contributed by atoms with E-state index in [2.05, 4.69) is 10.3 Å². The van der Waals surface area contributed by atoms with Gasteiger partial charge in [0.05, 0.1) is 7.11 Å². The minimum atomic E-state index is -1.05. The second-order valence-electron chi connectivity index (χ2n) is 4.04. The zero-order valence-corrected chi connectivity index (χ0v) is 11.5. The Bertz CT molecular complexity index is 614. The first kappa shape index (κ1) is 14.1. The molecule has 1 aromatic heterocycles. The molecule has 20 heavy (non-hydrogen) atoms. The lowest BCUT2D eigenvalue weighted by Crippen LogP contribution is -2.08. The fraction of sp³-hybridized carbons (Fsp3) is 0.143. The summed E-state index contributed by atoms with van der Waals surface area (Å²) in [6.07, 6.45) is 0. The molecule has 0 saturated carbocycles. The highest BCUT2D eigenvalue weighted by atomic mass is 35.5. The Labute approximate surface area is 121 Å². The molecule has 5 nitrogen and oxygen atoms in total. The van der Waals surface area contributed by atoms with E-state index in [1.54, 1.807) is 7.11 Å². The molecule has 2 aromatic rings. The molecule has 1 heterocycles. The molecule has 6 heteroatoms. The zero-order valence-electron chi connectivity index (χ0n) is 10.8. The van der Waals surface area contributed by atoms with Gasteiger partial charge >= 0.3 is 5.97 Å². The number of pyridine rings is 1. The molecule has 0 aliphatic rings. The monoisotopic (exact) mass is 292 g/mol. The van der Waals surface area contributed by atoms with Crippen molar-refractivity contribution < 1.29 is 14.6 Å². The summed E-state index contributed by atoms with van der Waals surface area (Å²) in [7, 11) is 1.60. The van der Waals surface area contributed by atoms with E-state index < -0.39 is 5.97 Å². The molecule has 0 aliphatic carbocycles. The number of rotatable bonds is 5. The van der Waals surface area contributed by atoms with Crippen LogP contribution in [-0.2, 0) is 6.54 Å². The van der Waals surface area contributed by atoms with E-state index in [-0.39, 0.29) is 16.5 Å². The Morgan fingerprint density at radius 3 is 2.60 bits per heavy atom. The molecular formula is C14H13ClN2O3. The lowest BCUT2D eigenvalue weighted by molar-refractivity contribution is 0.0697. The lowest BCUT2D eigenvalue weighted by atomic mass is 10.2. The van der Waals surface area contributed by atoms with Crippen LogP contribution in [0.4, 0.5) is 5.82 Å². The minimum absolute atomic E-state index is 0.0860. The summed E-state index contributed by atoms with van der Waals surface area (Å²) in [5.74, 6) is -0.0342. The average Bonchev–Trinajstić information content (AvgIpc) is 2.45. The Kier molecular flexibility index (Phi) is 4.42. The molecule has 0 atom stereocenters. The molecule has 0 unspecified atom stereocenters. The number of hydrogen-bond acceptors (Lipinski definition) is 4. The summed E-state index contributed by atoms with van der Waals surface area (Å²) in [4.78, 5) is 15.1. The molecule has 1 aromatic carbocycles. The van der Waals surface area contributed by atoms with E-state index in [1.807, 2.05) is 24.3 Å². The van der Waals surface area contributed by atoms with E-state index in [0.29, 0.717) is 6.54 Å². The molecular weight excluding hydrogens is 280 g/mol.